The third-order valence-electron chi connectivity index (χ3n) is 4.61. The number of hydrogen-bond acceptors (Lipinski definition) is 5. The van der Waals surface area contributed by atoms with Crippen molar-refractivity contribution in [3.05, 3.63) is 48.4 Å². The molecule has 0 saturated heterocycles. The lowest BCUT2D eigenvalue weighted by Crippen LogP contribution is -2.45. The molecule has 3 heterocycles. The van der Waals surface area contributed by atoms with Gasteiger partial charge in [0.25, 0.3) is 5.89 Å². The minimum Gasteiger partial charge on any atom is -0.448 e. The van der Waals surface area contributed by atoms with Crippen LogP contribution < -0.4 is 4.68 Å². The van der Waals surface area contributed by atoms with Crippen molar-refractivity contribution in [1.29, 1.82) is 0 Å². The van der Waals surface area contributed by atoms with Crippen LogP contribution in [0.4, 0.5) is 0 Å². The van der Waals surface area contributed by atoms with Gasteiger partial charge in [0, 0.05) is 28.5 Å². The highest BCUT2D eigenvalue weighted by Gasteiger charge is 2.34. The lowest BCUT2D eigenvalue weighted by molar-refractivity contribution is -0.761. The van der Waals surface area contributed by atoms with Gasteiger partial charge in [-0.25, -0.2) is 9.97 Å². The summed E-state index contributed by atoms with van der Waals surface area (Å²) in [5, 5.41) is 4.58. The van der Waals surface area contributed by atoms with E-state index in [0.717, 1.165) is 29.7 Å². The van der Waals surface area contributed by atoms with Crippen LogP contribution >= 0.6 is 0 Å². The predicted octanol–water partition coefficient (Wildman–Crippen LogP) is 3.47. The third-order valence-corrected chi connectivity index (χ3v) is 4.61. The van der Waals surface area contributed by atoms with Gasteiger partial charge < -0.3 is 13.8 Å². The molecule has 7 nitrogen and oxygen atoms in total. The summed E-state index contributed by atoms with van der Waals surface area (Å²) in [6.07, 6.45) is 7.67. The largest absolute Gasteiger partial charge is 0.448 e. The molecule has 1 N–H and O–H groups in total. The van der Waals surface area contributed by atoms with Crippen molar-refractivity contribution in [2.24, 2.45) is 0 Å². The summed E-state index contributed by atoms with van der Waals surface area (Å²) in [6, 6.07) is 0. The molecule has 3 aromatic rings. The minimum absolute atomic E-state index is 0.112. The Hall–Kier alpha value is -2.44. The maximum atomic E-state index is 5.63. The highest BCUT2D eigenvalue weighted by atomic mass is 16.4. The van der Waals surface area contributed by atoms with E-state index in [0.29, 0.717) is 6.54 Å². The number of aromatic nitrogens is 5. The number of nitrogens with one attached hydrogen (secondary N) is 1. The number of rotatable bonds is 6. The average molecular weight is 372 g/mol. The summed E-state index contributed by atoms with van der Waals surface area (Å²) in [7, 11) is 0. The summed E-state index contributed by atoms with van der Waals surface area (Å²) in [6.45, 7) is 15.4. The Morgan fingerprint density at radius 1 is 1.00 bits per heavy atom. The van der Waals surface area contributed by atoms with Gasteiger partial charge in [-0.05, 0) is 13.8 Å². The molecule has 0 aromatic carbocycles. The molecule has 0 aliphatic rings. The zero-order valence-corrected chi connectivity index (χ0v) is 17.3. The molecule has 0 saturated carbocycles. The lowest BCUT2D eigenvalue weighted by atomic mass is 9.88. The van der Waals surface area contributed by atoms with Crippen LogP contribution in [0, 0.1) is 0 Å². The number of hydrogen-bond donors (Lipinski definition) is 1. The second-order valence-electron chi connectivity index (χ2n) is 9.50. The van der Waals surface area contributed by atoms with Gasteiger partial charge in [-0.1, -0.05) is 39.3 Å². The molecule has 3 rings (SSSR count). The SMILES string of the molecule is CC(C)(C)c1n[n+](CC(C)(C)c2nc(CC(C)(C)c3ncco3)c[nH]2)co1. The molecular weight excluding hydrogens is 342 g/mol. The number of oxazole rings is 1. The van der Waals surface area contributed by atoms with Gasteiger partial charge in [-0.3, -0.25) is 0 Å². The Kier molecular flexibility index (Phi) is 4.74. The third kappa shape index (κ3) is 4.28. The first-order valence-corrected chi connectivity index (χ1v) is 9.28. The summed E-state index contributed by atoms with van der Waals surface area (Å²) in [5.41, 5.74) is 0.436. The van der Waals surface area contributed by atoms with Crippen molar-refractivity contribution in [1.82, 2.24) is 20.1 Å². The van der Waals surface area contributed by atoms with Crippen molar-refractivity contribution < 1.29 is 13.5 Å². The van der Waals surface area contributed by atoms with Crippen molar-refractivity contribution in [2.75, 3.05) is 0 Å². The first kappa shape index (κ1) is 19.3. The van der Waals surface area contributed by atoms with E-state index in [1.54, 1.807) is 18.9 Å². The van der Waals surface area contributed by atoms with E-state index in [-0.39, 0.29) is 16.2 Å². The first-order valence-electron chi connectivity index (χ1n) is 9.28. The monoisotopic (exact) mass is 372 g/mol. The summed E-state index contributed by atoms with van der Waals surface area (Å²) in [4.78, 5) is 12.5. The standard InChI is InChI=1S/C20H30N5O2/c1-18(2,3)16-24-25(13-27-16)12-20(6,7)15-22-11-14(23-15)10-19(4,5)17-21-8-9-26-17/h8-9,11,13H,10,12H2,1-7H3,(H,22,23)/q+1. The Bertz CT molecular complexity index is 882. The van der Waals surface area contributed by atoms with Gasteiger partial charge in [0.05, 0.1) is 17.3 Å². The van der Waals surface area contributed by atoms with E-state index >= 15 is 0 Å². The maximum Gasteiger partial charge on any atom is 0.361 e. The van der Waals surface area contributed by atoms with Crippen molar-refractivity contribution in [3.8, 4) is 0 Å². The normalized spacial score (nSPS) is 13.3. The van der Waals surface area contributed by atoms with Crippen molar-refractivity contribution in [3.63, 3.8) is 0 Å². The van der Waals surface area contributed by atoms with Gasteiger partial charge in [0.15, 0.2) is 12.4 Å². The lowest BCUT2D eigenvalue weighted by Gasteiger charge is -2.19. The molecule has 0 fully saturated rings. The number of H-pyrrole nitrogens is 1. The van der Waals surface area contributed by atoms with Crippen LogP contribution in [-0.4, -0.2) is 20.1 Å². The van der Waals surface area contributed by atoms with E-state index in [1.807, 2.05) is 10.9 Å². The fourth-order valence-corrected chi connectivity index (χ4v) is 3.04. The smallest absolute Gasteiger partial charge is 0.361 e. The molecule has 0 aliphatic heterocycles. The summed E-state index contributed by atoms with van der Waals surface area (Å²) < 4.78 is 13.0. The van der Waals surface area contributed by atoms with Gasteiger partial charge in [0.1, 0.15) is 12.1 Å². The van der Waals surface area contributed by atoms with Gasteiger partial charge in [0.2, 0.25) is 0 Å². The Morgan fingerprint density at radius 3 is 2.33 bits per heavy atom. The molecule has 0 amide bonds. The Balaban J connectivity index is 1.73. The average Bonchev–Trinajstić information content (AvgIpc) is 3.27. The van der Waals surface area contributed by atoms with Crippen LogP contribution in [0.1, 0.15) is 71.8 Å². The van der Waals surface area contributed by atoms with E-state index in [4.69, 9.17) is 13.8 Å². The Labute approximate surface area is 160 Å². The quantitative estimate of drug-likeness (QED) is 0.670. The zero-order valence-electron chi connectivity index (χ0n) is 17.3. The molecule has 0 aliphatic carbocycles. The van der Waals surface area contributed by atoms with Gasteiger partial charge >= 0.3 is 6.39 Å². The number of nitrogens with zero attached hydrogens (tertiary/aromatic N) is 4. The fraction of sp³-hybridized carbons (Fsp3) is 0.600. The minimum atomic E-state index is -0.220. The highest BCUT2D eigenvalue weighted by molar-refractivity contribution is 5.14. The molecule has 27 heavy (non-hydrogen) atoms. The number of aromatic amines is 1. The molecule has 7 heteroatoms. The molecule has 3 aromatic heterocycles. The van der Waals surface area contributed by atoms with Crippen LogP contribution in [0.25, 0.3) is 0 Å². The molecule has 0 radical (unpaired) electrons. The van der Waals surface area contributed by atoms with E-state index in [1.165, 1.54) is 0 Å². The first-order chi connectivity index (χ1) is 12.5. The second-order valence-corrected chi connectivity index (χ2v) is 9.50. The van der Waals surface area contributed by atoms with Crippen LogP contribution in [0.15, 0.2) is 33.9 Å². The second kappa shape index (κ2) is 6.62. The van der Waals surface area contributed by atoms with Crippen LogP contribution in [0.2, 0.25) is 0 Å². The molecule has 0 spiro atoms. The topological polar surface area (TPSA) is 84.6 Å². The fourth-order valence-electron chi connectivity index (χ4n) is 3.04. The molecule has 0 atom stereocenters. The van der Waals surface area contributed by atoms with E-state index in [9.17, 15) is 0 Å². The van der Waals surface area contributed by atoms with Crippen LogP contribution in [0.3, 0.4) is 0 Å². The van der Waals surface area contributed by atoms with Crippen molar-refractivity contribution in [2.45, 2.75) is 77.7 Å². The molecule has 146 valence electrons. The zero-order chi connectivity index (χ0) is 19.9. The van der Waals surface area contributed by atoms with Crippen LogP contribution in [0.5, 0.6) is 0 Å². The van der Waals surface area contributed by atoms with E-state index in [2.05, 4.69) is 63.5 Å². The summed E-state index contributed by atoms with van der Waals surface area (Å²) in [5.74, 6) is 2.37. The van der Waals surface area contributed by atoms with E-state index < -0.39 is 0 Å². The van der Waals surface area contributed by atoms with Crippen LogP contribution in [-0.2, 0) is 29.2 Å². The van der Waals surface area contributed by atoms with Crippen molar-refractivity contribution >= 4 is 0 Å². The van der Waals surface area contributed by atoms with Gasteiger partial charge in [-0.2, -0.15) is 0 Å². The maximum absolute atomic E-state index is 5.63. The highest BCUT2D eigenvalue weighted by Crippen LogP contribution is 2.27. The number of imidazole rings is 1. The Morgan fingerprint density at radius 2 is 1.74 bits per heavy atom. The summed E-state index contributed by atoms with van der Waals surface area (Å²) >= 11 is 0. The molecular formula is C20H30N5O2+. The van der Waals surface area contributed by atoms with Gasteiger partial charge in [-0.15, -0.1) is 0 Å². The molecule has 0 bridgehead atoms. The predicted molar refractivity (Wildman–Crippen MR) is 100 cm³/mol. The molecule has 0 unspecified atom stereocenters.